The SMILES string of the molecule is COc1ccc(CNc2c(C)nn(C3CCCCO3)c2C)cc1. The number of hydrogen-bond acceptors (Lipinski definition) is 4. The molecule has 1 aliphatic heterocycles. The Morgan fingerprint density at radius 3 is 2.70 bits per heavy atom. The number of aryl methyl sites for hydroxylation is 1. The van der Waals surface area contributed by atoms with E-state index in [1.54, 1.807) is 7.11 Å². The molecule has 1 aromatic heterocycles. The Kier molecular flexibility index (Phi) is 4.86. The average molecular weight is 315 g/mol. The van der Waals surface area contributed by atoms with Crippen molar-refractivity contribution in [1.82, 2.24) is 9.78 Å². The maximum absolute atomic E-state index is 5.86. The van der Waals surface area contributed by atoms with Gasteiger partial charge in [0, 0.05) is 13.2 Å². The molecule has 0 radical (unpaired) electrons. The molecule has 1 unspecified atom stereocenters. The maximum atomic E-state index is 5.86. The third kappa shape index (κ3) is 3.50. The van der Waals surface area contributed by atoms with Gasteiger partial charge in [0.1, 0.15) is 5.75 Å². The van der Waals surface area contributed by atoms with Crippen molar-refractivity contribution >= 4 is 5.69 Å². The largest absolute Gasteiger partial charge is 0.497 e. The van der Waals surface area contributed by atoms with Crippen LogP contribution in [0.15, 0.2) is 24.3 Å². The highest BCUT2D eigenvalue weighted by atomic mass is 16.5. The third-order valence-electron chi connectivity index (χ3n) is 4.38. The molecule has 1 atom stereocenters. The molecule has 1 N–H and O–H groups in total. The zero-order valence-corrected chi connectivity index (χ0v) is 14.1. The van der Waals surface area contributed by atoms with Crippen molar-refractivity contribution in [3.05, 3.63) is 41.2 Å². The monoisotopic (exact) mass is 315 g/mol. The summed E-state index contributed by atoms with van der Waals surface area (Å²) in [5.41, 5.74) is 4.48. The summed E-state index contributed by atoms with van der Waals surface area (Å²) in [6, 6.07) is 8.11. The fraction of sp³-hybridized carbons (Fsp3) is 0.500. The fourth-order valence-electron chi connectivity index (χ4n) is 3.05. The summed E-state index contributed by atoms with van der Waals surface area (Å²) in [4.78, 5) is 0. The zero-order valence-electron chi connectivity index (χ0n) is 14.1. The number of nitrogens with zero attached hydrogens (tertiary/aromatic N) is 2. The van der Waals surface area contributed by atoms with Gasteiger partial charge in [-0.3, -0.25) is 0 Å². The van der Waals surface area contributed by atoms with Gasteiger partial charge in [-0.1, -0.05) is 12.1 Å². The molecule has 23 heavy (non-hydrogen) atoms. The quantitative estimate of drug-likeness (QED) is 0.911. The minimum absolute atomic E-state index is 0.0824. The van der Waals surface area contributed by atoms with Crippen LogP contribution in [0.1, 0.15) is 42.4 Å². The Morgan fingerprint density at radius 2 is 2.04 bits per heavy atom. The third-order valence-corrected chi connectivity index (χ3v) is 4.38. The number of methoxy groups -OCH3 is 1. The van der Waals surface area contributed by atoms with E-state index in [4.69, 9.17) is 9.47 Å². The highest BCUT2D eigenvalue weighted by molar-refractivity contribution is 5.52. The van der Waals surface area contributed by atoms with E-state index in [0.29, 0.717) is 0 Å². The lowest BCUT2D eigenvalue weighted by molar-refractivity contribution is -0.0407. The Bertz CT molecular complexity index is 643. The molecule has 2 aromatic rings. The van der Waals surface area contributed by atoms with E-state index in [2.05, 4.69) is 29.5 Å². The van der Waals surface area contributed by atoms with Gasteiger partial charge in [0.25, 0.3) is 0 Å². The average Bonchev–Trinajstić information content (AvgIpc) is 2.88. The molecule has 0 amide bonds. The minimum Gasteiger partial charge on any atom is -0.497 e. The predicted molar refractivity (Wildman–Crippen MR) is 90.9 cm³/mol. The normalized spacial score (nSPS) is 18.0. The Balaban J connectivity index is 1.70. The lowest BCUT2D eigenvalue weighted by Crippen LogP contribution is -2.20. The maximum Gasteiger partial charge on any atom is 0.150 e. The van der Waals surface area contributed by atoms with Crippen molar-refractivity contribution < 1.29 is 9.47 Å². The van der Waals surface area contributed by atoms with Crippen LogP contribution in [0.4, 0.5) is 5.69 Å². The summed E-state index contributed by atoms with van der Waals surface area (Å²) in [5, 5.41) is 8.20. The fourth-order valence-corrected chi connectivity index (χ4v) is 3.05. The molecule has 1 aromatic carbocycles. The first kappa shape index (κ1) is 15.9. The number of ether oxygens (including phenoxy) is 2. The number of hydrogen-bond donors (Lipinski definition) is 1. The van der Waals surface area contributed by atoms with E-state index in [9.17, 15) is 0 Å². The zero-order chi connectivity index (χ0) is 16.2. The van der Waals surface area contributed by atoms with Gasteiger partial charge in [-0.15, -0.1) is 0 Å². The summed E-state index contributed by atoms with van der Waals surface area (Å²) in [5.74, 6) is 0.878. The van der Waals surface area contributed by atoms with Crippen LogP contribution in [-0.4, -0.2) is 23.5 Å². The molecule has 3 rings (SSSR count). The Labute approximate surface area is 137 Å². The van der Waals surface area contributed by atoms with Gasteiger partial charge in [-0.25, -0.2) is 4.68 Å². The van der Waals surface area contributed by atoms with Gasteiger partial charge in [0.05, 0.1) is 24.2 Å². The Hall–Kier alpha value is -2.01. The van der Waals surface area contributed by atoms with E-state index in [1.807, 2.05) is 23.7 Å². The molecule has 0 bridgehead atoms. The van der Waals surface area contributed by atoms with Crippen molar-refractivity contribution in [3.63, 3.8) is 0 Å². The van der Waals surface area contributed by atoms with Crippen LogP contribution >= 0.6 is 0 Å². The van der Waals surface area contributed by atoms with Crippen molar-refractivity contribution in [2.75, 3.05) is 19.0 Å². The smallest absolute Gasteiger partial charge is 0.150 e. The highest BCUT2D eigenvalue weighted by Crippen LogP contribution is 2.28. The topological polar surface area (TPSA) is 48.3 Å². The lowest BCUT2D eigenvalue weighted by atomic mass is 10.2. The lowest BCUT2D eigenvalue weighted by Gasteiger charge is -2.24. The molecule has 5 heteroatoms. The van der Waals surface area contributed by atoms with Crippen LogP contribution in [0, 0.1) is 13.8 Å². The van der Waals surface area contributed by atoms with Gasteiger partial charge in [0.2, 0.25) is 0 Å². The molecule has 2 heterocycles. The van der Waals surface area contributed by atoms with E-state index in [-0.39, 0.29) is 6.23 Å². The van der Waals surface area contributed by atoms with Crippen molar-refractivity contribution in [3.8, 4) is 5.75 Å². The first-order valence-electron chi connectivity index (χ1n) is 8.23. The van der Waals surface area contributed by atoms with Crippen molar-refractivity contribution in [1.29, 1.82) is 0 Å². The summed E-state index contributed by atoms with van der Waals surface area (Å²) in [6.45, 7) is 5.75. The van der Waals surface area contributed by atoms with Crippen LogP contribution in [0.5, 0.6) is 5.75 Å². The van der Waals surface area contributed by atoms with E-state index < -0.39 is 0 Å². The van der Waals surface area contributed by atoms with Crippen LogP contribution in [-0.2, 0) is 11.3 Å². The molecule has 5 nitrogen and oxygen atoms in total. The van der Waals surface area contributed by atoms with Crippen LogP contribution in [0.2, 0.25) is 0 Å². The molecular formula is C18H25N3O2. The highest BCUT2D eigenvalue weighted by Gasteiger charge is 2.21. The summed E-state index contributed by atoms with van der Waals surface area (Å²) >= 11 is 0. The van der Waals surface area contributed by atoms with Gasteiger partial charge in [-0.2, -0.15) is 5.10 Å². The van der Waals surface area contributed by atoms with Gasteiger partial charge >= 0.3 is 0 Å². The standard InChI is InChI=1S/C18H25N3O2/c1-13-18(19-12-15-7-9-16(22-3)10-8-15)14(2)21(20-13)17-6-4-5-11-23-17/h7-10,17,19H,4-6,11-12H2,1-3H3. The van der Waals surface area contributed by atoms with Crippen LogP contribution in [0.25, 0.3) is 0 Å². The summed E-state index contributed by atoms with van der Waals surface area (Å²) in [7, 11) is 1.68. The minimum atomic E-state index is 0.0824. The number of rotatable bonds is 5. The van der Waals surface area contributed by atoms with Crippen molar-refractivity contribution in [2.45, 2.75) is 45.9 Å². The first-order valence-corrected chi connectivity index (χ1v) is 8.23. The second-order valence-corrected chi connectivity index (χ2v) is 6.01. The van der Waals surface area contributed by atoms with Gasteiger partial charge in [-0.05, 0) is 50.8 Å². The van der Waals surface area contributed by atoms with Crippen LogP contribution in [0.3, 0.4) is 0 Å². The molecule has 1 saturated heterocycles. The Morgan fingerprint density at radius 1 is 1.26 bits per heavy atom. The molecule has 1 fully saturated rings. The summed E-state index contributed by atoms with van der Waals surface area (Å²) < 4.78 is 13.1. The van der Waals surface area contributed by atoms with Crippen LogP contribution < -0.4 is 10.1 Å². The molecule has 0 spiro atoms. The first-order chi connectivity index (χ1) is 11.2. The number of benzene rings is 1. The predicted octanol–water partition coefficient (Wildman–Crippen LogP) is 3.82. The summed E-state index contributed by atoms with van der Waals surface area (Å²) in [6.07, 6.45) is 3.48. The van der Waals surface area contributed by atoms with Gasteiger partial charge in [0.15, 0.2) is 6.23 Å². The number of anilines is 1. The molecule has 0 aliphatic carbocycles. The van der Waals surface area contributed by atoms with Crippen molar-refractivity contribution in [2.24, 2.45) is 0 Å². The molecule has 1 aliphatic rings. The molecule has 0 saturated carbocycles. The van der Waals surface area contributed by atoms with E-state index >= 15 is 0 Å². The number of nitrogens with one attached hydrogen (secondary N) is 1. The molecule has 124 valence electrons. The van der Waals surface area contributed by atoms with E-state index in [0.717, 1.165) is 48.8 Å². The number of aromatic nitrogens is 2. The van der Waals surface area contributed by atoms with Gasteiger partial charge < -0.3 is 14.8 Å². The second-order valence-electron chi connectivity index (χ2n) is 6.01. The van der Waals surface area contributed by atoms with E-state index in [1.165, 1.54) is 12.0 Å². The second kappa shape index (κ2) is 7.04. The molecular weight excluding hydrogens is 290 g/mol.